The number of rotatable bonds is 10. The van der Waals surface area contributed by atoms with Gasteiger partial charge in [0.2, 0.25) is 5.91 Å². The molecule has 38 heavy (non-hydrogen) atoms. The van der Waals surface area contributed by atoms with Crippen molar-refractivity contribution >= 4 is 35.1 Å². The molecule has 1 aromatic carbocycles. The summed E-state index contributed by atoms with van der Waals surface area (Å²) in [5.41, 5.74) is -1.79. The van der Waals surface area contributed by atoms with Gasteiger partial charge in [0.1, 0.15) is 24.2 Å². The topological polar surface area (TPSA) is 96.4 Å². The zero-order valence-electron chi connectivity index (χ0n) is 22.4. The number of aliphatic hydroxyl groups is 1. The second-order valence-electron chi connectivity index (χ2n) is 11.1. The Balaban J connectivity index is 1.90. The normalized spacial score (nSPS) is 32.3. The van der Waals surface area contributed by atoms with Crippen LogP contribution in [0, 0.1) is 23.7 Å². The van der Waals surface area contributed by atoms with E-state index in [0.29, 0.717) is 17.1 Å². The maximum absolute atomic E-state index is 14.6. The van der Waals surface area contributed by atoms with Gasteiger partial charge in [-0.1, -0.05) is 63.2 Å². The predicted molar refractivity (Wildman–Crippen MR) is 144 cm³/mol. The summed E-state index contributed by atoms with van der Waals surface area (Å²) in [4.78, 5) is 45.3. The van der Waals surface area contributed by atoms with E-state index in [4.69, 9.17) is 21.1 Å². The number of esters is 1. The molecule has 0 radical (unpaired) electrons. The van der Waals surface area contributed by atoms with Gasteiger partial charge in [0.25, 0.3) is 5.91 Å². The van der Waals surface area contributed by atoms with Crippen LogP contribution >= 0.6 is 11.6 Å². The molecule has 3 saturated heterocycles. The molecule has 0 saturated carbocycles. The van der Waals surface area contributed by atoms with Crippen molar-refractivity contribution in [3.05, 3.63) is 54.6 Å². The van der Waals surface area contributed by atoms with Crippen molar-refractivity contribution in [2.75, 3.05) is 24.7 Å². The number of hydrogen-bond donors (Lipinski definition) is 1. The number of amides is 2. The van der Waals surface area contributed by atoms with E-state index < -0.39 is 47.0 Å². The summed E-state index contributed by atoms with van der Waals surface area (Å²) in [5.74, 6) is -3.47. The minimum atomic E-state index is -1.27. The van der Waals surface area contributed by atoms with Crippen LogP contribution in [0.2, 0.25) is 5.02 Å². The number of benzene rings is 1. The van der Waals surface area contributed by atoms with Crippen LogP contribution in [0.25, 0.3) is 0 Å². The molecule has 206 valence electrons. The van der Waals surface area contributed by atoms with Crippen LogP contribution in [0.15, 0.2) is 49.6 Å². The smallest absolute Gasteiger partial charge is 0.313 e. The molecule has 8 nitrogen and oxygen atoms in total. The van der Waals surface area contributed by atoms with Gasteiger partial charge in [-0.3, -0.25) is 14.4 Å². The molecular weight excluding hydrogens is 508 g/mol. The zero-order chi connectivity index (χ0) is 28.0. The lowest BCUT2D eigenvalue weighted by Crippen LogP contribution is -2.60. The van der Waals surface area contributed by atoms with Crippen molar-refractivity contribution in [2.24, 2.45) is 23.7 Å². The number of likely N-dealkylation sites (tertiary alicyclic amines) is 1. The number of nitrogens with zero attached hydrogens (tertiary/aromatic N) is 2. The van der Waals surface area contributed by atoms with Crippen molar-refractivity contribution in [3.8, 4) is 0 Å². The van der Waals surface area contributed by atoms with Crippen LogP contribution in [0.5, 0.6) is 0 Å². The minimum absolute atomic E-state index is 0.00462. The Kier molecular flexibility index (Phi) is 7.81. The maximum Gasteiger partial charge on any atom is 0.313 e. The molecule has 1 spiro atoms. The average Bonchev–Trinajstić information content (AvgIpc) is 3.38. The SMILES string of the molecule is C=CCOC(=O)[C@@H]1[C@H]2C(=O)N([C@@H](CO)C(C)C)C(C(=O)N(CC=C)c3ccccc3Cl)C23CC(C)[C@@]1(C)O3. The first kappa shape index (κ1) is 28.3. The third-order valence-corrected chi connectivity index (χ3v) is 8.94. The van der Waals surface area contributed by atoms with Crippen LogP contribution in [0.4, 0.5) is 5.69 Å². The third-order valence-electron chi connectivity index (χ3n) is 8.62. The third kappa shape index (κ3) is 4.08. The number of anilines is 1. The first-order valence-corrected chi connectivity index (χ1v) is 13.4. The Morgan fingerprint density at radius 1 is 1.32 bits per heavy atom. The van der Waals surface area contributed by atoms with Crippen LogP contribution in [-0.2, 0) is 23.9 Å². The van der Waals surface area contributed by atoms with Crippen molar-refractivity contribution in [2.45, 2.75) is 57.4 Å². The summed E-state index contributed by atoms with van der Waals surface area (Å²) in [6.45, 7) is 14.8. The van der Waals surface area contributed by atoms with Gasteiger partial charge in [0.15, 0.2) is 0 Å². The van der Waals surface area contributed by atoms with E-state index in [2.05, 4.69) is 13.2 Å². The zero-order valence-corrected chi connectivity index (χ0v) is 23.2. The monoisotopic (exact) mass is 544 g/mol. The summed E-state index contributed by atoms with van der Waals surface area (Å²) in [5, 5.41) is 10.8. The lowest BCUT2D eigenvalue weighted by Gasteiger charge is -2.40. The van der Waals surface area contributed by atoms with Gasteiger partial charge in [-0.05, 0) is 37.3 Å². The highest BCUT2D eigenvalue weighted by Crippen LogP contribution is 2.66. The van der Waals surface area contributed by atoms with Gasteiger partial charge in [-0.2, -0.15) is 0 Å². The van der Waals surface area contributed by atoms with Crippen molar-refractivity contribution in [1.29, 1.82) is 0 Å². The number of aliphatic hydroxyl groups excluding tert-OH is 1. The highest BCUT2D eigenvalue weighted by Gasteiger charge is 2.81. The number of hydrogen-bond acceptors (Lipinski definition) is 6. The Bertz CT molecular complexity index is 1140. The fourth-order valence-electron chi connectivity index (χ4n) is 6.78. The van der Waals surface area contributed by atoms with Crippen molar-refractivity contribution < 1.29 is 29.0 Å². The summed E-state index contributed by atoms with van der Waals surface area (Å²) in [7, 11) is 0. The van der Waals surface area contributed by atoms with Crippen LogP contribution in [0.1, 0.15) is 34.1 Å². The Morgan fingerprint density at radius 3 is 2.58 bits per heavy atom. The number of halogens is 1. The van der Waals surface area contributed by atoms with Crippen LogP contribution in [0.3, 0.4) is 0 Å². The molecule has 4 rings (SSSR count). The summed E-state index contributed by atoms with van der Waals surface area (Å²) >= 11 is 6.51. The molecule has 3 fully saturated rings. The molecule has 2 amide bonds. The van der Waals surface area contributed by atoms with Gasteiger partial charge in [-0.25, -0.2) is 0 Å². The molecule has 1 aromatic rings. The van der Waals surface area contributed by atoms with Crippen molar-refractivity contribution in [3.63, 3.8) is 0 Å². The molecule has 3 unspecified atom stereocenters. The predicted octanol–water partition coefficient (Wildman–Crippen LogP) is 3.62. The number of para-hydroxylation sites is 1. The first-order valence-electron chi connectivity index (χ1n) is 13.1. The number of ether oxygens (including phenoxy) is 2. The van der Waals surface area contributed by atoms with Gasteiger partial charge in [-0.15, -0.1) is 6.58 Å². The molecule has 3 aliphatic rings. The van der Waals surface area contributed by atoms with E-state index in [0.717, 1.165) is 0 Å². The number of carbonyl (C=O) groups is 3. The molecule has 0 aromatic heterocycles. The first-order chi connectivity index (χ1) is 18.0. The Hall–Kier alpha value is -2.68. The largest absolute Gasteiger partial charge is 0.461 e. The molecule has 9 heteroatoms. The van der Waals surface area contributed by atoms with E-state index in [-0.39, 0.29) is 37.5 Å². The number of fused-ring (bicyclic) bond motifs is 1. The fraction of sp³-hybridized carbons (Fsp3) is 0.552. The Labute approximate surface area is 229 Å². The average molecular weight is 545 g/mol. The van der Waals surface area contributed by atoms with Gasteiger partial charge >= 0.3 is 5.97 Å². The van der Waals surface area contributed by atoms with Gasteiger partial charge < -0.3 is 24.4 Å². The molecule has 0 aliphatic carbocycles. The van der Waals surface area contributed by atoms with Crippen molar-refractivity contribution in [1.82, 2.24) is 4.90 Å². The molecule has 3 heterocycles. The molecule has 1 N–H and O–H groups in total. The van der Waals surface area contributed by atoms with E-state index in [9.17, 15) is 19.5 Å². The van der Waals surface area contributed by atoms with E-state index in [1.807, 2.05) is 27.7 Å². The summed E-state index contributed by atoms with van der Waals surface area (Å²) in [6.07, 6.45) is 3.47. The second-order valence-corrected chi connectivity index (χ2v) is 11.5. The lowest BCUT2D eigenvalue weighted by atomic mass is 9.62. The van der Waals surface area contributed by atoms with E-state index >= 15 is 0 Å². The highest BCUT2D eigenvalue weighted by molar-refractivity contribution is 6.34. The fourth-order valence-corrected chi connectivity index (χ4v) is 7.01. The molecule has 3 aliphatic heterocycles. The standard InChI is InChI=1S/C29H37ClN2O6/c1-7-13-31(20-12-10-9-11-19(20)30)26(35)24-29-15-18(5)28(6,38-29)23(27(36)37-14-8-2)22(29)25(34)32(24)21(16-33)17(3)4/h7-12,17-18,21-24,33H,1-2,13-16H2,3-6H3/t18?,21-,22-,23-,24?,28+,29?/m0/s1. The van der Waals surface area contributed by atoms with E-state index in [1.54, 1.807) is 30.3 Å². The summed E-state index contributed by atoms with van der Waals surface area (Å²) < 4.78 is 12.2. The highest BCUT2D eigenvalue weighted by atomic mass is 35.5. The quantitative estimate of drug-likeness (QED) is 0.357. The van der Waals surface area contributed by atoms with Crippen LogP contribution in [-0.4, -0.2) is 70.8 Å². The Morgan fingerprint density at radius 2 is 2.00 bits per heavy atom. The summed E-state index contributed by atoms with van der Waals surface area (Å²) in [6, 6.07) is 5.22. The van der Waals surface area contributed by atoms with Crippen LogP contribution < -0.4 is 4.90 Å². The lowest BCUT2D eigenvalue weighted by molar-refractivity contribution is -0.162. The molecular formula is C29H37ClN2O6. The maximum atomic E-state index is 14.6. The number of carbonyl (C=O) groups excluding carboxylic acids is 3. The second kappa shape index (κ2) is 10.5. The molecule has 2 bridgehead atoms. The van der Waals surface area contributed by atoms with Gasteiger partial charge in [0, 0.05) is 6.54 Å². The minimum Gasteiger partial charge on any atom is -0.461 e. The molecule has 7 atom stereocenters. The van der Waals surface area contributed by atoms with Gasteiger partial charge in [0.05, 0.1) is 34.9 Å². The van der Waals surface area contributed by atoms with E-state index in [1.165, 1.54) is 15.9 Å².